The third-order valence-corrected chi connectivity index (χ3v) is 3.42. The second kappa shape index (κ2) is 4.63. The molecule has 0 fully saturated rings. The molecule has 1 N–H and O–H groups in total. The van der Waals surface area contributed by atoms with Crippen LogP contribution in [0.4, 0.5) is 10.1 Å². The molecule has 1 aromatic heterocycles. The number of hydrogen-bond acceptors (Lipinski definition) is 3. The first-order valence-corrected chi connectivity index (χ1v) is 6.25. The molecule has 0 atom stereocenters. The molecule has 1 aromatic carbocycles. The van der Waals surface area contributed by atoms with E-state index in [1.54, 1.807) is 6.07 Å². The van der Waals surface area contributed by atoms with Gasteiger partial charge < -0.3 is 5.32 Å². The number of benzene rings is 1. The van der Waals surface area contributed by atoms with E-state index < -0.39 is 5.95 Å². The van der Waals surface area contributed by atoms with E-state index in [-0.39, 0.29) is 0 Å². The Hall–Kier alpha value is -1.94. The Morgan fingerprint density at radius 3 is 2.89 bits per heavy atom. The Morgan fingerprint density at radius 2 is 2.11 bits per heavy atom. The zero-order valence-electron chi connectivity index (χ0n) is 10.2. The average molecular weight is 276 g/mol. The van der Waals surface area contributed by atoms with Crippen LogP contribution in [-0.4, -0.2) is 10.8 Å². The van der Waals surface area contributed by atoms with Crippen LogP contribution in [0.5, 0.6) is 0 Å². The summed E-state index contributed by atoms with van der Waals surface area (Å²) < 4.78 is 13.2. The lowest BCUT2D eigenvalue weighted by Gasteiger charge is -2.08. The van der Waals surface area contributed by atoms with Crippen molar-refractivity contribution in [1.29, 1.82) is 0 Å². The van der Waals surface area contributed by atoms with Crippen molar-refractivity contribution in [3.63, 3.8) is 0 Å². The summed E-state index contributed by atoms with van der Waals surface area (Å²) in [6, 6.07) is 8.69. The molecule has 1 aliphatic heterocycles. The van der Waals surface area contributed by atoms with E-state index in [0.29, 0.717) is 23.1 Å². The number of amidine groups is 1. The smallest absolute Gasteiger partial charge is 0.213 e. The minimum atomic E-state index is -0.503. The standard InChI is InChI=1S/C14H11ClFN3/c1-8-2-4-10(6-11(8)15)18-14-13-9(7-17-14)3-5-12(16)19-13/h2-6H,7H2,1H3,(H,17,18). The molecule has 3 rings (SSSR count). The highest BCUT2D eigenvalue weighted by Gasteiger charge is 2.18. The van der Waals surface area contributed by atoms with Crippen LogP contribution < -0.4 is 5.32 Å². The van der Waals surface area contributed by atoms with Crippen LogP contribution in [0.3, 0.4) is 0 Å². The maximum atomic E-state index is 13.2. The first-order valence-electron chi connectivity index (χ1n) is 5.87. The van der Waals surface area contributed by atoms with Gasteiger partial charge >= 0.3 is 0 Å². The first-order chi connectivity index (χ1) is 9.13. The van der Waals surface area contributed by atoms with Gasteiger partial charge in [-0.1, -0.05) is 23.7 Å². The zero-order valence-corrected chi connectivity index (χ0v) is 11.0. The van der Waals surface area contributed by atoms with Gasteiger partial charge in [0, 0.05) is 16.3 Å². The molecule has 1 aliphatic rings. The number of hydrogen-bond donors (Lipinski definition) is 1. The van der Waals surface area contributed by atoms with E-state index in [2.05, 4.69) is 15.3 Å². The number of aliphatic imine (C=N–C) groups is 1. The summed E-state index contributed by atoms with van der Waals surface area (Å²) in [5.41, 5.74) is 3.30. The molecule has 0 saturated carbocycles. The van der Waals surface area contributed by atoms with Crippen LogP contribution in [0, 0.1) is 12.9 Å². The van der Waals surface area contributed by atoms with Crippen LogP contribution in [0.1, 0.15) is 16.8 Å². The van der Waals surface area contributed by atoms with E-state index in [0.717, 1.165) is 16.8 Å². The number of anilines is 1. The topological polar surface area (TPSA) is 37.3 Å². The minimum absolute atomic E-state index is 0.503. The van der Waals surface area contributed by atoms with Crippen LogP contribution in [0.15, 0.2) is 35.3 Å². The van der Waals surface area contributed by atoms with Crippen molar-refractivity contribution >= 4 is 23.1 Å². The number of aromatic nitrogens is 1. The van der Waals surface area contributed by atoms with Crippen LogP contribution in [-0.2, 0) is 6.54 Å². The molecule has 0 radical (unpaired) electrons. The lowest BCUT2D eigenvalue weighted by atomic mass is 10.2. The van der Waals surface area contributed by atoms with Crippen LogP contribution in [0.2, 0.25) is 5.02 Å². The molecule has 2 aromatic rings. The molecule has 0 unspecified atom stereocenters. The fourth-order valence-electron chi connectivity index (χ4n) is 1.94. The summed E-state index contributed by atoms with van der Waals surface area (Å²) in [4.78, 5) is 8.20. The molecule has 0 spiro atoms. The normalized spacial score (nSPS) is 13.1. The van der Waals surface area contributed by atoms with E-state index in [9.17, 15) is 4.39 Å². The minimum Gasteiger partial charge on any atom is -0.339 e. The molecule has 0 amide bonds. The quantitative estimate of drug-likeness (QED) is 0.808. The molecular weight excluding hydrogens is 265 g/mol. The predicted octanol–water partition coefficient (Wildman–Crippen LogP) is 3.55. The molecule has 19 heavy (non-hydrogen) atoms. The summed E-state index contributed by atoms with van der Waals surface area (Å²) in [6.45, 7) is 2.45. The highest BCUT2D eigenvalue weighted by Crippen LogP contribution is 2.23. The Morgan fingerprint density at radius 1 is 1.26 bits per heavy atom. The van der Waals surface area contributed by atoms with Gasteiger partial charge in [-0.2, -0.15) is 4.39 Å². The fourth-order valence-corrected chi connectivity index (χ4v) is 2.12. The van der Waals surface area contributed by atoms with E-state index >= 15 is 0 Å². The van der Waals surface area contributed by atoms with Gasteiger partial charge in [0.15, 0.2) is 5.84 Å². The summed E-state index contributed by atoms with van der Waals surface area (Å²) in [7, 11) is 0. The second-order valence-electron chi connectivity index (χ2n) is 4.40. The maximum absolute atomic E-state index is 13.2. The summed E-state index contributed by atoms with van der Waals surface area (Å²) in [6.07, 6.45) is 0. The monoisotopic (exact) mass is 275 g/mol. The maximum Gasteiger partial charge on any atom is 0.213 e. The van der Waals surface area contributed by atoms with Crippen LogP contribution >= 0.6 is 11.6 Å². The molecular formula is C14H11ClFN3. The molecule has 5 heteroatoms. The number of rotatable bonds is 1. The number of halogens is 2. The largest absolute Gasteiger partial charge is 0.339 e. The van der Waals surface area contributed by atoms with Gasteiger partial charge in [-0.25, -0.2) is 4.98 Å². The van der Waals surface area contributed by atoms with Crippen molar-refractivity contribution in [2.24, 2.45) is 4.99 Å². The van der Waals surface area contributed by atoms with Crippen molar-refractivity contribution < 1.29 is 4.39 Å². The van der Waals surface area contributed by atoms with Crippen molar-refractivity contribution in [2.75, 3.05) is 5.32 Å². The van der Waals surface area contributed by atoms with Crippen molar-refractivity contribution in [2.45, 2.75) is 13.5 Å². The molecule has 96 valence electrons. The number of pyridine rings is 1. The van der Waals surface area contributed by atoms with Gasteiger partial charge in [0.2, 0.25) is 5.95 Å². The lowest BCUT2D eigenvalue weighted by molar-refractivity contribution is 0.582. The fraction of sp³-hybridized carbons (Fsp3) is 0.143. The Labute approximate surface area is 115 Å². The Bertz CT molecular complexity index is 682. The predicted molar refractivity (Wildman–Crippen MR) is 74.2 cm³/mol. The molecule has 2 heterocycles. The Kier molecular flexibility index (Phi) is 2.95. The number of aryl methyl sites for hydroxylation is 1. The van der Waals surface area contributed by atoms with E-state index in [1.165, 1.54) is 6.07 Å². The third kappa shape index (κ3) is 2.31. The summed E-state index contributed by atoms with van der Waals surface area (Å²) in [5, 5.41) is 3.81. The summed E-state index contributed by atoms with van der Waals surface area (Å²) in [5.74, 6) is 0.0755. The van der Waals surface area contributed by atoms with E-state index in [4.69, 9.17) is 11.6 Å². The van der Waals surface area contributed by atoms with Gasteiger partial charge in [0.25, 0.3) is 0 Å². The SMILES string of the molecule is Cc1ccc(NC2=NCc3ccc(F)nc32)cc1Cl. The molecule has 0 saturated heterocycles. The third-order valence-electron chi connectivity index (χ3n) is 3.01. The average Bonchev–Trinajstić information content (AvgIpc) is 2.77. The summed E-state index contributed by atoms with van der Waals surface area (Å²) >= 11 is 6.07. The first kappa shape index (κ1) is 12.1. The lowest BCUT2D eigenvalue weighted by Crippen LogP contribution is -2.14. The second-order valence-corrected chi connectivity index (χ2v) is 4.80. The number of nitrogens with zero attached hydrogens (tertiary/aromatic N) is 2. The van der Waals surface area contributed by atoms with Crippen molar-refractivity contribution in [3.05, 3.63) is 58.1 Å². The highest BCUT2D eigenvalue weighted by molar-refractivity contribution is 6.31. The number of fused-ring (bicyclic) bond motifs is 1. The van der Waals surface area contributed by atoms with Gasteiger partial charge in [0.1, 0.15) is 5.69 Å². The number of nitrogens with one attached hydrogen (secondary N) is 1. The Balaban J connectivity index is 1.90. The molecule has 0 aliphatic carbocycles. The van der Waals surface area contributed by atoms with Gasteiger partial charge in [-0.05, 0) is 30.7 Å². The van der Waals surface area contributed by atoms with Crippen molar-refractivity contribution in [3.8, 4) is 0 Å². The van der Waals surface area contributed by atoms with Crippen molar-refractivity contribution in [1.82, 2.24) is 4.98 Å². The van der Waals surface area contributed by atoms with Gasteiger partial charge in [-0.15, -0.1) is 0 Å². The van der Waals surface area contributed by atoms with Gasteiger partial charge in [0.05, 0.1) is 6.54 Å². The van der Waals surface area contributed by atoms with Crippen LogP contribution in [0.25, 0.3) is 0 Å². The zero-order chi connectivity index (χ0) is 13.4. The highest BCUT2D eigenvalue weighted by atomic mass is 35.5. The molecule has 0 bridgehead atoms. The molecule has 3 nitrogen and oxygen atoms in total. The van der Waals surface area contributed by atoms with E-state index in [1.807, 2.05) is 25.1 Å². The van der Waals surface area contributed by atoms with Gasteiger partial charge in [-0.3, -0.25) is 4.99 Å².